The monoisotopic (exact) mass is 231 g/mol. The molecule has 2 aromatic rings. The molecule has 0 atom stereocenters. The Bertz CT molecular complexity index is 546. The molecular weight excluding hydrogens is 218 g/mol. The first-order chi connectivity index (χ1) is 8.09. The summed E-state index contributed by atoms with van der Waals surface area (Å²) >= 11 is 0. The molecule has 0 spiro atoms. The van der Waals surface area contributed by atoms with E-state index >= 15 is 0 Å². The van der Waals surface area contributed by atoms with Crippen molar-refractivity contribution in [1.29, 1.82) is 0 Å². The minimum Gasteiger partial charge on any atom is -0.481 e. The maximum atomic E-state index is 10.8. The summed E-state index contributed by atoms with van der Waals surface area (Å²) in [5, 5.41) is 13.1. The van der Waals surface area contributed by atoms with E-state index in [1.54, 1.807) is 7.05 Å². The van der Waals surface area contributed by atoms with Gasteiger partial charge < -0.3 is 10.8 Å². The second kappa shape index (κ2) is 4.29. The Labute approximate surface area is 98.5 Å². The molecule has 0 bridgehead atoms. The van der Waals surface area contributed by atoms with Gasteiger partial charge >= 0.3 is 5.97 Å². The molecule has 0 aliphatic rings. The minimum absolute atomic E-state index is 0.121. The highest BCUT2D eigenvalue weighted by atomic mass is 16.4. The van der Waals surface area contributed by atoms with Crippen molar-refractivity contribution in [1.82, 2.24) is 9.78 Å². The average molecular weight is 231 g/mol. The van der Waals surface area contributed by atoms with Crippen molar-refractivity contribution in [3.8, 4) is 11.3 Å². The van der Waals surface area contributed by atoms with Crippen LogP contribution in [-0.2, 0) is 18.3 Å². The lowest BCUT2D eigenvalue weighted by Crippen LogP contribution is -2.04. The first kappa shape index (κ1) is 11.2. The van der Waals surface area contributed by atoms with Gasteiger partial charge in [0.2, 0.25) is 0 Å². The van der Waals surface area contributed by atoms with Crippen molar-refractivity contribution < 1.29 is 9.90 Å². The first-order valence-corrected chi connectivity index (χ1v) is 5.18. The van der Waals surface area contributed by atoms with Crippen LogP contribution in [0.15, 0.2) is 30.3 Å². The Morgan fingerprint density at radius 2 is 2.06 bits per heavy atom. The van der Waals surface area contributed by atoms with Gasteiger partial charge in [-0.2, -0.15) is 5.10 Å². The van der Waals surface area contributed by atoms with Crippen LogP contribution in [0.25, 0.3) is 11.3 Å². The predicted molar refractivity (Wildman–Crippen MR) is 64.4 cm³/mol. The number of nitrogen functional groups attached to an aromatic ring is 1. The molecule has 88 valence electrons. The van der Waals surface area contributed by atoms with Crippen molar-refractivity contribution in [2.45, 2.75) is 6.42 Å². The Morgan fingerprint density at radius 1 is 1.41 bits per heavy atom. The Balaban J connectivity index is 2.54. The summed E-state index contributed by atoms with van der Waals surface area (Å²) in [6, 6.07) is 9.42. The van der Waals surface area contributed by atoms with Crippen LogP contribution in [0.4, 0.5) is 5.82 Å². The number of carboxylic acid groups (broad SMARTS) is 1. The van der Waals surface area contributed by atoms with Crippen LogP contribution in [-0.4, -0.2) is 20.9 Å². The smallest absolute Gasteiger partial charge is 0.308 e. The van der Waals surface area contributed by atoms with Crippen LogP contribution in [0.2, 0.25) is 0 Å². The summed E-state index contributed by atoms with van der Waals surface area (Å²) in [7, 11) is 1.70. The summed E-state index contributed by atoms with van der Waals surface area (Å²) in [6.45, 7) is 0. The van der Waals surface area contributed by atoms with Crippen molar-refractivity contribution in [2.24, 2.45) is 7.05 Å². The topological polar surface area (TPSA) is 81.1 Å². The molecule has 0 amide bonds. The van der Waals surface area contributed by atoms with E-state index in [0.29, 0.717) is 17.1 Å². The third-order valence-corrected chi connectivity index (χ3v) is 2.57. The summed E-state index contributed by atoms with van der Waals surface area (Å²) in [6.07, 6.45) is -0.121. The number of hydrogen-bond donors (Lipinski definition) is 2. The normalized spacial score (nSPS) is 10.4. The molecule has 0 radical (unpaired) electrons. The number of nitrogens with zero attached hydrogens (tertiary/aromatic N) is 2. The predicted octanol–water partition coefficient (Wildman–Crippen LogP) is 1.30. The molecule has 3 N–H and O–H groups in total. The van der Waals surface area contributed by atoms with Crippen molar-refractivity contribution in [3.05, 3.63) is 35.9 Å². The number of carbonyl (C=O) groups is 1. The Kier molecular flexibility index (Phi) is 2.82. The second-order valence-corrected chi connectivity index (χ2v) is 3.77. The fourth-order valence-electron chi connectivity index (χ4n) is 1.73. The Hall–Kier alpha value is -2.30. The number of benzene rings is 1. The molecule has 1 aromatic heterocycles. The van der Waals surface area contributed by atoms with Crippen LogP contribution in [0, 0.1) is 0 Å². The van der Waals surface area contributed by atoms with E-state index in [2.05, 4.69) is 5.10 Å². The number of rotatable bonds is 3. The van der Waals surface area contributed by atoms with Gasteiger partial charge in [-0.15, -0.1) is 0 Å². The highest BCUT2D eigenvalue weighted by molar-refractivity contribution is 5.78. The zero-order chi connectivity index (χ0) is 12.4. The highest BCUT2D eigenvalue weighted by Gasteiger charge is 2.17. The van der Waals surface area contributed by atoms with Crippen LogP contribution >= 0.6 is 0 Å². The van der Waals surface area contributed by atoms with E-state index in [0.717, 1.165) is 5.56 Å². The number of hydrogen-bond acceptors (Lipinski definition) is 3. The van der Waals surface area contributed by atoms with E-state index in [-0.39, 0.29) is 6.42 Å². The third kappa shape index (κ3) is 2.13. The average Bonchev–Trinajstić information content (AvgIpc) is 2.58. The maximum Gasteiger partial charge on any atom is 0.308 e. The summed E-state index contributed by atoms with van der Waals surface area (Å²) in [5.74, 6) is -0.520. The minimum atomic E-state index is -0.915. The van der Waals surface area contributed by atoms with Crippen LogP contribution < -0.4 is 5.73 Å². The van der Waals surface area contributed by atoms with Gasteiger partial charge in [0.05, 0.1) is 12.1 Å². The molecule has 0 fully saturated rings. The van der Waals surface area contributed by atoms with Crippen molar-refractivity contribution in [3.63, 3.8) is 0 Å². The summed E-state index contributed by atoms with van der Waals surface area (Å²) < 4.78 is 1.50. The quantitative estimate of drug-likeness (QED) is 0.834. The van der Waals surface area contributed by atoms with Gasteiger partial charge in [-0.3, -0.25) is 9.48 Å². The number of aryl methyl sites for hydroxylation is 1. The standard InChI is InChI=1S/C12H13N3O2/c1-15-12(13)9(7-10(16)17)11(14-15)8-5-3-2-4-6-8/h2-6H,7,13H2,1H3,(H,16,17). The molecule has 0 saturated carbocycles. The number of aromatic nitrogens is 2. The fourth-order valence-corrected chi connectivity index (χ4v) is 1.73. The Morgan fingerprint density at radius 3 is 2.65 bits per heavy atom. The molecule has 0 aliphatic heterocycles. The van der Waals surface area contributed by atoms with E-state index < -0.39 is 5.97 Å². The SMILES string of the molecule is Cn1nc(-c2ccccc2)c(CC(=O)O)c1N. The van der Waals surface area contributed by atoms with Gasteiger partial charge in [0.25, 0.3) is 0 Å². The molecular formula is C12H13N3O2. The molecule has 0 unspecified atom stereocenters. The molecule has 0 saturated heterocycles. The first-order valence-electron chi connectivity index (χ1n) is 5.18. The zero-order valence-corrected chi connectivity index (χ0v) is 9.42. The lowest BCUT2D eigenvalue weighted by atomic mass is 10.1. The molecule has 1 heterocycles. The van der Waals surface area contributed by atoms with Gasteiger partial charge in [0, 0.05) is 18.2 Å². The number of nitrogens with two attached hydrogens (primary N) is 1. The van der Waals surface area contributed by atoms with Gasteiger partial charge in [0.1, 0.15) is 5.82 Å². The fraction of sp³-hybridized carbons (Fsp3) is 0.167. The van der Waals surface area contributed by atoms with Crippen LogP contribution in [0.1, 0.15) is 5.56 Å². The lowest BCUT2D eigenvalue weighted by molar-refractivity contribution is -0.136. The largest absolute Gasteiger partial charge is 0.481 e. The molecule has 0 aliphatic carbocycles. The van der Waals surface area contributed by atoms with Gasteiger partial charge in [-0.1, -0.05) is 30.3 Å². The molecule has 5 nitrogen and oxygen atoms in total. The maximum absolute atomic E-state index is 10.8. The number of aliphatic carboxylic acids is 1. The van der Waals surface area contributed by atoms with E-state index in [1.807, 2.05) is 30.3 Å². The third-order valence-electron chi connectivity index (χ3n) is 2.57. The van der Waals surface area contributed by atoms with E-state index in [1.165, 1.54) is 4.68 Å². The van der Waals surface area contributed by atoms with E-state index in [9.17, 15) is 4.79 Å². The molecule has 2 rings (SSSR count). The lowest BCUT2D eigenvalue weighted by Gasteiger charge is -2.00. The van der Waals surface area contributed by atoms with E-state index in [4.69, 9.17) is 10.8 Å². The van der Waals surface area contributed by atoms with Gasteiger partial charge in [-0.05, 0) is 0 Å². The van der Waals surface area contributed by atoms with Crippen molar-refractivity contribution >= 4 is 11.8 Å². The molecule has 1 aromatic carbocycles. The van der Waals surface area contributed by atoms with Crippen LogP contribution in [0.3, 0.4) is 0 Å². The second-order valence-electron chi connectivity index (χ2n) is 3.77. The summed E-state index contributed by atoms with van der Waals surface area (Å²) in [4.78, 5) is 10.8. The molecule has 17 heavy (non-hydrogen) atoms. The number of carboxylic acids is 1. The number of anilines is 1. The zero-order valence-electron chi connectivity index (χ0n) is 9.42. The van der Waals surface area contributed by atoms with Crippen molar-refractivity contribution in [2.75, 3.05) is 5.73 Å². The molecule has 5 heteroatoms. The van der Waals surface area contributed by atoms with Gasteiger partial charge in [0.15, 0.2) is 0 Å². The van der Waals surface area contributed by atoms with Crippen LogP contribution in [0.5, 0.6) is 0 Å². The highest BCUT2D eigenvalue weighted by Crippen LogP contribution is 2.26. The summed E-state index contributed by atoms with van der Waals surface area (Å²) in [5.41, 5.74) is 7.89. The van der Waals surface area contributed by atoms with Gasteiger partial charge in [-0.25, -0.2) is 0 Å².